The molecule has 2 atom stereocenters. The first kappa shape index (κ1) is 23.4. The number of carboxylic acid groups (broad SMARTS) is 1. The van der Waals surface area contributed by atoms with Gasteiger partial charge in [-0.25, -0.2) is 4.39 Å². The number of carbonyl (C=O) groups is 1. The van der Waals surface area contributed by atoms with Crippen LogP contribution in [0.2, 0.25) is 0 Å². The highest BCUT2D eigenvalue weighted by atomic mass is 19.1. The number of hydrogen-bond donors (Lipinski definition) is 3. The third-order valence-corrected chi connectivity index (χ3v) is 5.21. The first-order valence-electron chi connectivity index (χ1n) is 10.4. The molecule has 0 aliphatic rings. The molecule has 168 valence electrons. The van der Waals surface area contributed by atoms with Gasteiger partial charge in [0.05, 0.1) is 24.3 Å². The molecule has 0 spiro atoms. The van der Waals surface area contributed by atoms with E-state index in [0.29, 0.717) is 27.6 Å². The SMILES string of the molecule is CC(C)n1c(-c2ccc(F)cc2)c(C=CC(O)CC(O)CC(=O)O)c2ccccc2c1=O. The third-order valence-electron chi connectivity index (χ3n) is 5.21. The van der Waals surface area contributed by atoms with Crippen LogP contribution in [0.1, 0.15) is 38.3 Å². The summed E-state index contributed by atoms with van der Waals surface area (Å²) in [5.41, 5.74) is 1.71. The number of aliphatic carboxylic acids is 1. The summed E-state index contributed by atoms with van der Waals surface area (Å²) < 4.78 is 15.2. The number of hydrogen-bond acceptors (Lipinski definition) is 4. The summed E-state index contributed by atoms with van der Waals surface area (Å²) in [7, 11) is 0. The van der Waals surface area contributed by atoms with Crippen LogP contribution in [-0.2, 0) is 4.79 Å². The summed E-state index contributed by atoms with van der Waals surface area (Å²) in [5, 5.41) is 30.1. The molecule has 32 heavy (non-hydrogen) atoms. The van der Waals surface area contributed by atoms with E-state index in [0.717, 1.165) is 0 Å². The molecule has 1 aromatic heterocycles. The molecule has 3 N–H and O–H groups in total. The van der Waals surface area contributed by atoms with Gasteiger partial charge < -0.3 is 19.9 Å². The van der Waals surface area contributed by atoms with Crippen molar-refractivity contribution in [2.24, 2.45) is 0 Å². The summed E-state index contributed by atoms with van der Waals surface area (Å²) in [5.74, 6) is -1.55. The quantitative estimate of drug-likeness (QED) is 0.493. The van der Waals surface area contributed by atoms with E-state index in [1.165, 1.54) is 18.2 Å². The number of halogens is 1. The number of rotatable bonds is 8. The van der Waals surface area contributed by atoms with Gasteiger partial charge >= 0.3 is 5.97 Å². The maximum Gasteiger partial charge on any atom is 0.305 e. The molecule has 2 unspecified atom stereocenters. The summed E-state index contributed by atoms with van der Waals surface area (Å²) in [6.07, 6.45) is 0.240. The zero-order chi connectivity index (χ0) is 23.4. The molecule has 0 fully saturated rings. The fraction of sp³-hybridized carbons (Fsp3) is 0.280. The maximum atomic E-state index is 13.6. The Morgan fingerprint density at radius 3 is 2.28 bits per heavy atom. The van der Waals surface area contributed by atoms with Gasteiger partial charge in [-0.15, -0.1) is 0 Å². The van der Waals surface area contributed by atoms with Crippen LogP contribution < -0.4 is 5.56 Å². The van der Waals surface area contributed by atoms with E-state index in [4.69, 9.17) is 5.11 Å². The van der Waals surface area contributed by atoms with Crippen LogP contribution in [0.25, 0.3) is 28.1 Å². The van der Waals surface area contributed by atoms with Crippen molar-refractivity contribution < 1.29 is 24.5 Å². The second-order valence-corrected chi connectivity index (χ2v) is 8.00. The molecule has 3 aromatic rings. The molecule has 7 heteroatoms. The topological polar surface area (TPSA) is 99.8 Å². The van der Waals surface area contributed by atoms with E-state index in [9.17, 15) is 24.2 Å². The highest BCUT2D eigenvalue weighted by molar-refractivity contribution is 5.95. The fourth-order valence-corrected chi connectivity index (χ4v) is 3.81. The predicted octanol–water partition coefficient (Wildman–Crippen LogP) is 3.99. The molecule has 0 radical (unpaired) electrons. The maximum absolute atomic E-state index is 13.6. The van der Waals surface area contributed by atoms with Crippen LogP contribution in [0, 0.1) is 5.82 Å². The standard InChI is InChI=1S/C25H26FNO5/c1-15(2)27-24(16-7-9-17(26)10-8-16)21(20-5-3-4-6-22(20)25(27)32)12-11-18(28)13-19(29)14-23(30)31/h3-12,15,18-19,28-29H,13-14H2,1-2H3,(H,30,31). The van der Waals surface area contributed by atoms with E-state index >= 15 is 0 Å². The van der Waals surface area contributed by atoms with Gasteiger partial charge in [-0.05, 0) is 55.1 Å². The van der Waals surface area contributed by atoms with Crippen molar-refractivity contribution in [3.63, 3.8) is 0 Å². The van der Waals surface area contributed by atoms with Crippen molar-refractivity contribution >= 4 is 22.8 Å². The van der Waals surface area contributed by atoms with E-state index < -0.39 is 30.4 Å². The van der Waals surface area contributed by atoms with Gasteiger partial charge in [0.15, 0.2) is 0 Å². The van der Waals surface area contributed by atoms with Gasteiger partial charge in [0.1, 0.15) is 5.82 Å². The van der Waals surface area contributed by atoms with Crippen LogP contribution in [0.15, 0.2) is 59.4 Å². The van der Waals surface area contributed by atoms with Crippen LogP contribution in [-0.4, -0.2) is 38.1 Å². The first-order valence-corrected chi connectivity index (χ1v) is 10.4. The summed E-state index contributed by atoms with van der Waals surface area (Å²) >= 11 is 0. The molecule has 0 bridgehead atoms. The van der Waals surface area contributed by atoms with E-state index in [1.54, 1.807) is 47.0 Å². The average Bonchev–Trinajstić information content (AvgIpc) is 2.72. The average molecular weight is 439 g/mol. The first-order chi connectivity index (χ1) is 15.2. The van der Waals surface area contributed by atoms with Crippen LogP contribution in [0.5, 0.6) is 0 Å². The number of aliphatic hydroxyl groups is 2. The Bertz CT molecular complexity index is 1200. The molecule has 0 aliphatic heterocycles. The van der Waals surface area contributed by atoms with Crippen LogP contribution >= 0.6 is 0 Å². The number of benzene rings is 2. The summed E-state index contributed by atoms with van der Waals surface area (Å²) in [4.78, 5) is 24.1. The smallest absolute Gasteiger partial charge is 0.305 e. The molecule has 1 heterocycles. The lowest BCUT2D eigenvalue weighted by molar-refractivity contribution is -0.139. The summed E-state index contributed by atoms with van der Waals surface area (Å²) in [6.45, 7) is 3.77. The number of pyridine rings is 1. The Kier molecular flexibility index (Phi) is 7.22. The normalized spacial score (nSPS) is 13.7. The molecule has 3 rings (SSSR count). The Balaban J connectivity index is 2.20. The largest absolute Gasteiger partial charge is 0.481 e. The van der Waals surface area contributed by atoms with Gasteiger partial charge in [-0.3, -0.25) is 9.59 Å². The van der Waals surface area contributed by atoms with Crippen molar-refractivity contribution in [1.29, 1.82) is 0 Å². The minimum absolute atomic E-state index is 0.142. The second kappa shape index (κ2) is 9.89. The molecule has 2 aromatic carbocycles. The van der Waals surface area contributed by atoms with Gasteiger partial charge in [0, 0.05) is 23.4 Å². The molecular formula is C25H26FNO5. The zero-order valence-corrected chi connectivity index (χ0v) is 17.9. The van der Waals surface area contributed by atoms with Gasteiger partial charge in [0.25, 0.3) is 5.56 Å². The number of aliphatic hydroxyl groups excluding tert-OH is 2. The molecule has 6 nitrogen and oxygen atoms in total. The highest BCUT2D eigenvalue weighted by Gasteiger charge is 2.19. The van der Waals surface area contributed by atoms with Crippen molar-refractivity contribution in [3.8, 4) is 11.3 Å². The lowest BCUT2D eigenvalue weighted by atomic mass is 9.97. The Labute approximate surface area is 184 Å². The molecular weight excluding hydrogens is 413 g/mol. The third kappa shape index (κ3) is 5.12. The lowest BCUT2D eigenvalue weighted by Gasteiger charge is -2.21. The Morgan fingerprint density at radius 1 is 1.06 bits per heavy atom. The monoisotopic (exact) mass is 439 g/mol. The lowest BCUT2D eigenvalue weighted by Crippen LogP contribution is -2.25. The van der Waals surface area contributed by atoms with Crippen molar-refractivity contribution in [3.05, 3.63) is 76.3 Å². The minimum atomic E-state index is -1.19. The zero-order valence-electron chi connectivity index (χ0n) is 17.9. The number of fused-ring (bicyclic) bond motifs is 1. The number of carboxylic acids is 1. The molecule has 0 saturated heterocycles. The van der Waals surface area contributed by atoms with Gasteiger partial charge in [-0.1, -0.05) is 30.4 Å². The van der Waals surface area contributed by atoms with Crippen molar-refractivity contribution in [1.82, 2.24) is 4.57 Å². The Morgan fingerprint density at radius 2 is 1.69 bits per heavy atom. The number of aromatic nitrogens is 1. The predicted molar refractivity (Wildman–Crippen MR) is 122 cm³/mol. The number of nitrogens with zero attached hydrogens (tertiary/aromatic N) is 1. The van der Waals surface area contributed by atoms with Crippen molar-refractivity contribution in [2.75, 3.05) is 0 Å². The van der Waals surface area contributed by atoms with Crippen LogP contribution in [0.3, 0.4) is 0 Å². The minimum Gasteiger partial charge on any atom is -0.481 e. The molecule has 0 saturated carbocycles. The van der Waals surface area contributed by atoms with Gasteiger partial charge in [0.2, 0.25) is 0 Å². The fourth-order valence-electron chi connectivity index (χ4n) is 3.81. The van der Waals surface area contributed by atoms with E-state index in [2.05, 4.69) is 0 Å². The van der Waals surface area contributed by atoms with E-state index in [1.807, 2.05) is 13.8 Å². The van der Waals surface area contributed by atoms with Gasteiger partial charge in [-0.2, -0.15) is 0 Å². The molecule has 0 aliphatic carbocycles. The highest BCUT2D eigenvalue weighted by Crippen LogP contribution is 2.32. The second-order valence-electron chi connectivity index (χ2n) is 8.00. The Hall–Kier alpha value is -3.29. The van der Waals surface area contributed by atoms with Crippen molar-refractivity contribution in [2.45, 2.75) is 44.9 Å². The molecule has 0 amide bonds. The summed E-state index contributed by atoms with van der Waals surface area (Å²) in [6, 6.07) is 12.8. The van der Waals surface area contributed by atoms with Crippen LogP contribution in [0.4, 0.5) is 4.39 Å². The van der Waals surface area contributed by atoms with E-state index in [-0.39, 0.29) is 18.0 Å².